The van der Waals surface area contributed by atoms with Gasteiger partial charge in [-0.1, -0.05) is 24.3 Å². The number of hydrogen-bond donors (Lipinski definition) is 1. The lowest BCUT2D eigenvalue weighted by atomic mass is 9.90. The Kier molecular flexibility index (Phi) is 4.26. The minimum atomic E-state index is -0.200. The number of benzene rings is 1. The van der Waals surface area contributed by atoms with Gasteiger partial charge in [0.05, 0.1) is 29.0 Å². The number of carbonyl (C=O) groups is 1. The molecule has 2 aromatic heterocycles. The molecule has 3 aromatic rings. The van der Waals surface area contributed by atoms with E-state index in [0.29, 0.717) is 12.0 Å². The fourth-order valence-electron chi connectivity index (χ4n) is 4.73. The molecule has 0 radical (unpaired) electrons. The van der Waals surface area contributed by atoms with Crippen molar-refractivity contribution in [3.8, 4) is 0 Å². The molecule has 1 unspecified atom stereocenters. The van der Waals surface area contributed by atoms with Crippen molar-refractivity contribution in [3.63, 3.8) is 0 Å². The van der Waals surface area contributed by atoms with Crippen LogP contribution < -0.4 is 5.32 Å². The summed E-state index contributed by atoms with van der Waals surface area (Å²) in [6.07, 6.45) is 8.31. The number of anilines is 1. The summed E-state index contributed by atoms with van der Waals surface area (Å²) in [6.45, 7) is 4.32. The summed E-state index contributed by atoms with van der Waals surface area (Å²) >= 11 is 0. The third-order valence-corrected chi connectivity index (χ3v) is 6.23. The van der Waals surface area contributed by atoms with Gasteiger partial charge in [-0.15, -0.1) is 0 Å². The van der Waals surface area contributed by atoms with Gasteiger partial charge in [-0.05, 0) is 68.4 Å². The fraction of sp³-hybridized carbons (Fsp3) is 0.375. The maximum Gasteiger partial charge on any atom is 0.172 e. The minimum absolute atomic E-state index is 0.0574. The van der Waals surface area contributed by atoms with Crippen LogP contribution in [0.1, 0.15) is 65.5 Å². The predicted octanol–water partition coefficient (Wildman–Crippen LogP) is 4.48. The van der Waals surface area contributed by atoms with Crippen LogP contribution in [0.5, 0.6) is 0 Å². The van der Waals surface area contributed by atoms with Gasteiger partial charge in [-0.25, -0.2) is 4.68 Å². The number of nitrogens with zero attached hydrogens (tertiary/aromatic N) is 3. The summed E-state index contributed by atoms with van der Waals surface area (Å²) in [4.78, 5) is 17.7. The van der Waals surface area contributed by atoms with Crippen molar-refractivity contribution in [2.75, 3.05) is 5.32 Å². The van der Waals surface area contributed by atoms with Crippen LogP contribution >= 0.6 is 0 Å². The Labute approximate surface area is 171 Å². The Morgan fingerprint density at radius 3 is 2.90 bits per heavy atom. The van der Waals surface area contributed by atoms with Gasteiger partial charge in [0, 0.05) is 12.6 Å². The van der Waals surface area contributed by atoms with Crippen molar-refractivity contribution in [2.24, 2.45) is 0 Å². The zero-order valence-electron chi connectivity index (χ0n) is 17.0. The molecule has 0 amide bonds. The number of carbonyl (C=O) groups excluding carboxylic acids is 1. The van der Waals surface area contributed by atoms with Crippen molar-refractivity contribution in [2.45, 2.75) is 57.5 Å². The largest absolute Gasteiger partial charge is 0.361 e. The molecule has 1 atom stereocenters. The Balaban J connectivity index is 1.44. The monoisotopic (exact) mass is 386 g/mol. The van der Waals surface area contributed by atoms with Crippen LogP contribution in [-0.4, -0.2) is 20.5 Å². The first-order chi connectivity index (χ1) is 14.0. The average molecular weight is 386 g/mol. The van der Waals surface area contributed by atoms with E-state index in [1.165, 1.54) is 17.5 Å². The van der Waals surface area contributed by atoms with Gasteiger partial charge in [0.15, 0.2) is 5.78 Å². The summed E-state index contributed by atoms with van der Waals surface area (Å²) in [5.41, 5.74) is 5.39. The molecule has 5 nitrogen and oxygen atoms in total. The molecular weight excluding hydrogens is 360 g/mol. The highest BCUT2D eigenvalue weighted by Crippen LogP contribution is 2.39. The first-order valence-electron chi connectivity index (χ1n) is 10.4. The van der Waals surface area contributed by atoms with Crippen LogP contribution in [0, 0.1) is 0 Å². The van der Waals surface area contributed by atoms with Crippen molar-refractivity contribution in [3.05, 3.63) is 76.7 Å². The van der Waals surface area contributed by atoms with Crippen molar-refractivity contribution in [1.29, 1.82) is 0 Å². The molecule has 5 rings (SSSR count). The SMILES string of the molecule is CC1(C)CC(c2ccccn2)Nc2c(C(=O)Cc3ccc4c(c3)CCC4)cnn21. The summed E-state index contributed by atoms with van der Waals surface area (Å²) < 4.78 is 1.96. The molecule has 0 spiro atoms. The van der Waals surface area contributed by atoms with E-state index < -0.39 is 0 Å². The molecule has 1 aliphatic heterocycles. The molecule has 3 heterocycles. The summed E-state index contributed by atoms with van der Waals surface area (Å²) in [5.74, 6) is 0.914. The van der Waals surface area contributed by atoms with Crippen molar-refractivity contribution in [1.82, 2.24) is 14.8 Å². The van der Waals surface area contributed by atoms with Gasteiger partial charge in [-0.2, -0.15) is 5.10 Å². The zero-order valence-corrected chi connectivity index (χ0v) is 17.0. The standard InChI is InChI=1S/C24H26N4O/c1-24(2)14-21(20-8-3-4-11-25-20)27-23-19(15-26-28(23)24)22(29)13-16-9-10-17-6-5-7-18(17)12-16/h3-4,8-12,15,21,27H,5-7,13-14H2,1-2H3. The Bertz CT molecular complexity index is 1070. The van der Waals surface area contributed by atoms with E-state index in [1.807, 2.05) is 29.1 Å². The first kappa shape index (κ1) is 18.1. The highest BCUT2D eigenvalue weighted by Gasteiger charge is 2.37. The van der Waals surface area contributed by atoms with E-state index in [0.717, 1.165) is 36.3 Å². The van der Waals surface area contributed by atoms with Crippen LogP contribution in [0.15, 0.2) is 48.8 Å². The van der Waals surface area contributed by atoms with E-state index in [2.05, 4.69) is 47.4 Å². The third-order valence-electron chi connectivity index (χ3n) is 6.23. The number of hydrogen-bond acceptors (Lipinski definition) is 4. The second-order valence-corrected chi connectivity index (χ2v) is 8.84. The number of fused-ring (bicyclic) bond motifs is 2. The number of nitrogens with one attached hydrogen (secondary N) is 1. The highest BCUT2D eigenvalue weighted by molar-refractivity contribution is 6.01. The second-order valence-electron chi connectivity index (χ2n) is 8.84. The lowest BCUT2D eigenvalue weighted by Crippen LogP contribution is -2.38. The molecule has 5 heteroatoms. The van der Waals surface area contributed by atoms with Gasteiger partial charge >= 0.3 is 0 Å². The Hall–Kier alpha value is -2.95. The number of ketones is 1. The van der Waals surface area contributed by atoms with E-state index >= 15 is 0 Å². The number of aromatic nitrogens is 3. The van der Waals surface area contributed by atoms with E-state index in [9.17, 15) is 4.79 Å². The predicted molar refractivity (Wildman–Crippen MR) is 113 cm³/mol. The Morgan fingerprint density at radius 2 is 2.07 bits per heavy atom. The zero-order chi connectivity index (χ0) is 20.0. The molecule has 1 aromatic carbocycles. The second kappa shape index (κ2) is 6.83. The molecule has 1 N–H and O–H groups in total. The quantitative estimate of drug-likeness (QED) is 0.672. The molecule has 0 fully saturated rings. The maximum atomic E-state index is 13.2. The Morgan fingerprint density at radius 1 is 1.21 bits per heavy atom. The van der Waals surface area contributed by atoms with E-state index in [4.69, 9.17) is 0 Å². The number of Topliss-reactive ketones (excluding diaryl/α,β-unsaturated/α-hetero) is 1. The molecule has 2 aliphatic rings. The lowest BCUT2D eigenvalue weighted by molar-refractivity contribution is 0.0993. The molecule has 0 saturated carbocycles. The van der Waals surface area contributed by atoms with Gasteiger partial charge in [0.25, 0.3) is 0 Å². The minimum Gasteiger partial charge on any atom is -0.361 e. The van der Waals surface area contributed by atoms with Crippen molar-refractivity contribution >= 4 is 11.6 Å². The summed E-state index contributed by atoms with van der Waals surface area (Å²) in [7, 11) is 0. The molecular formula is C24H26N4O. The molecule has 148 valence electrons. The normalized spacial score (nSPS) is 19.3. The smallest absolute Gasteiger partial charge is 0.172 e. The molecule has 0 bridgehead atoms. The van der Waals surface area contributed by atoms with Crippen LogP contribution in [-0.2, 0) is 24.8 Å². The number of pyridine rings is 1. The van der Waals surface area contributed by atoms with Crippen LogP contribution in [0.25, 0.3) is 0 Å². The first-order valence-corrected chi connectivity index (χ1v) is 10.4. The van der Waals surface area contributed by atoms with Gasteiger partial charge < -0.3 is 5.32 Å². The van der Waals surface area contributed by atoms with E-state index in [-0.39, 0.29) is 17.4 Å². The van der Waals surface area contributed by atoms with Crippen LogP contribution in [0.2, 0.25) is 0 Å². The lowest BCUT2D eigenvalue weighted by Gasteiger charge is -2.37. The van der Waals surface area contributed by atoms with Gasteiger partial charge in [0.1, 0.15) is 5.82 Å². The van der Waals surface area contributed by atoms with Crippen LogP contribution in [0.4, 0.5) is 5.82 Å². The number of aryl methyl sites for hydroxylation is 2. The highest BCUT2D eigenvalue weighted by atomic mass is 16.1. The summed E-state index contributed by atoms with van der Waals surface area (Å²) in [6, 6.07) is 12.5. The van der Waals surface area contributed by atoms with Crippen molar-refractivity contribution < 1.29 is 4.79 Å². The van der Waals surface area contributed by atoms with Gasteiger partial charge in [0.2, 0.25) is 0 Å². The summed E-state index contributed by atoms with van der Waals surface area (Å²) in [5, 5.41) is 8.11. The maximum absolute atomic E-state index is 13.2. The molecule has 29 heavy (non-hydrogen) atoms. The third kappa shape index (κ3) is 3.24. The van der Waals surface area contributed by atoms with E-state index in [1.54, 1.807) is 6.20 Å². The average Bonchev–Trinajstić information content (AvgIpc) is 3.35. The van der Waals surface area contributed by atoms with Crippen LogP contribution in [0.3, 0.4) is 0 Å². The van der Waals surface area contributed by atoms with Gasteiger partial charge in [-0.3, -0.25) is 9.78 Å². The molecule has 0 saturated heterocycles. The number of rotatable bonds is 4. The topological polar surface area (TPSA) is 59.8 Å². The molecule has 1 aliphatic carbocycles. The fourth-order valence-corrected chi connectivity index (χ4v) is 4.73.